The van der Waals surface area contributed by atoms with Crippen LogP contribution in [0.1, 0.15) is 31.6 Å². The van der Waals surface area contributed by atoms with Crippen LogP contribution in [0.25, 0.3) is 23.3 Å². The van der Waals surface area contributed by atoms with Crippen molar-refractivity contribution < 1.29 is 8.81 Å². The van der Waals surface area contributed by atoms with Crippen LogP contribution in [0.3, 0.4) is 0 Å². The summed E-state index contributed by atoms with van der Waals surface area (Å²) in [7, 11) is 0. The normalized spacial score (nSPS) is 10.4. The lowest BCUT2D eigenvalue weighted by Crippen LogP contribution is -2.10. The largest absolute Gasteiger partial charge is 0.463 e. The first-order chi connectivity index (χ1) is 12.0. The molecule has 2 nitrogen and oxygen atoms in total. The molecule has 0 atom stereocenters. The second-order valence-electron chi connectivity index (χ2n) is 5.28. The van der Waals surface area contributed by atoms with E-state index in [-0.39, 0.29) is 11.2 Å². The molecule has 0 bridgehead atoms. The van der Waals surface area contributed by atoms with Crippen molar-refractivity contribution in [2.45, 2.75) is 20.3 Å². The summed E-state index contributed by atoms with van der Waals surface area (Å²) in [6.45, 7) is 14.4. The summed E-state index contributed by atoms with van der Waals surface area (Å²) in [6, 6.07) is 5.77. The number of hydrogen-bond acceptors (Lipinski definition) is 2. The van der Waals surface area contributed by atoms with Crippen molar-refractivity contribution in [3.05, 3.63) is 95.4 Å². The van der Waals surface area contributed by atoms with Crippen LogP contribution in [-0.2, 0) is 0 Å². The van der Waals surface area contributed by atoms with Crippen LogP contribution in [0.5, 0.6) is 0 Å². The van der Waals surface area contributed by atoms with Gasteiger partial charge in [-0.15, -0.1) is 0 Å². The molecule has 130 valence electrons. The van der Waals surface area contributed by atoms with Gasteiger partial charge in [0.25, 0.3) is 0 Å². The van der Waals surface area contributed by atoms with Crippen LogP contribution in [0.4, 0.5) is 4.39 Å². The Morgan fingerprint density at radius 1 is 1.16 bits per heavy atom. The average Bonchev–Trinajstić information content (AvgIpc) is 2.64. The number of allylic oxidation sites excluding steroid dienone is 3. The Kier molecular flexibility index (Phi) is 8.07. The van der Waals surface area contributed by atoms with Crippen molar-refractivity contribution in [2.24, 2.45) is 0 Å². The van der Waals surface area contributed by atoms with E-state index >= 15 is 0 Å². The molecule has 0 aliphatic rings. The minimum absolute atomic E-state index is 0.143. The number of benzene rings is 1. The van der Waals surface area contributed by atoms with Crippen molar-refractivity contribution in [1.82, 2.24) is 0 Å². The Balaban J connectivity index is 0.000000705. The zero-order valence-corrected chi connectivity index (χ0v) is 14.7. The highest BCUT2D eigenvalue weighted by Gasteiger charge is 2.12. The van der Waals surface area contributed by atoms with Gasteiger partial charge in [0.2, 0.25) is 0 Å². The predicted molar refractivity (Wildman–Crippen MR) is 105 cm³/mol. The van der Waals surface area contributed by atoms with Gasteiger partial charge in [-0.1, -0.05) is 56.5 Å². The van der Waals surface area contributed by atoms with E-state index in [2.05, 4.69) is 19.7 Å². The van der Waals surface area contributed by atoms with Crippen LogP contribution in [0.15, 0.2) is 77.2 Å². The van der Waals surface area contributed by atoms with Crippen molar-refractivity contribution in [1.29, 1.82) is 0 Å². The number of hydrogen-bond donors (Lipinski definition) is 0. The molecule has 0 aliphatic carbocycles. The van der Waals surface area contributed by atoms with E-state index in [1.165, 1.54) is 24.5 Å². The summed E-state index contributed by atoms with van der Waals surface area (Å²) in [5.74, 6) is 0.103. The Labute approximate surface area is 148 Å². The van der Waals surface area contributed by atoms with Crippen LogP contribution in [-0.4, -0.2) is 0 Å². The summed E-state index contributed by atoms with van der Waals surface area (Å²) in [5, 5.41) is 0. The first-order valence-electron chi connectivity index (χ1n) is 7.93. The maximum Gasteiger partial charge on any atom is 0.200 e. The van der Waals surface area contributed by atoms with Gasteiger partial charge < -0.3 is 4.42 Å². The van der Waals surface area contributed by atoms with Gasteiger partial charge >= 0.3 is 0 Å². The molecule has 2 rings (SSSR count). The highest BCUT2D eigenvalue weighted by molar-refractivity contribution is 5.70. The Bertz CT molecular complexity index is 818. The first kappa shape index (κ1) is 20.1. The molecule has 0 unspecified atom stereocenters. The van der Waals surface area contributed by atoms with E-state index in [1.54, 1.807) is 24.3 Å². The van der Waals surface area contributed by atoms with E-state index in [9.17, 15) is 9.18 Å². The van der Waals surface area contributed by atoms with Crippen LogP contribution >= 0.6 is 0 Å². The third-order valence-electron chi connectivity index (χ3n) is 3.51. The standard InChI is InChI=1S/C18H17FO2.C4H6/c1-4-12(3)10-15-17(5-2)21-11-16(18(15)20)13-6-8-14(19)9-7-13;1-3-4-2/h5-11H,2,4H2,1,3H3;3-4H,1-2H2/b12-10+;. The first-order valence-corrected chi connectivity index (χ1v) is 7.93. The smallest absolute Gasteiger partial charge is 0.200 e. The zero-order valence-electron chi connectivity index (χ0n) is 14.7. The molecule has 2 aromatic rings. The molecular weight excluding hydrogens is 315 g/mol. The van der Waals surface area contributed by atoms with Crippen LogP contribution in [0, 0.1) is 5.82 Å². The van der Waals surface area contributed by atoms with Crippen LogP contribution in [0.2, 0.25) is 0 Å². The van der Waals surface area contributed by atoms with Gasteiger partial charge in [-0.2, -0.15) is 0 Å². The van der Waals surface area contributed by atoms with Gasteiger partial charge in [0, 0.05) is 0 Å². The van der Waals surface area contributed by atoms with E-state index in [1.807, 2.05) is 19.9 Å². The van der Waals surface area contributed by atoms with Gasteiger partial charge in [-0.3, -0.25) is 4.79 Å². The van der Waals surface area contributed by atoms with Crippen molar-refractivity contribution in [3.63, 3.8) is 0 Å². The molecule has 3 heteroatoms. The molecule has 0 amide bonds. The lowest BCUT2D eigenvalue weighted by atomic mass is 10.0. The van der Waals surface area contributed by atoms with Gasteiger partial charge in [0.05, 0.1) is 11.1 Å². The quantitative estimate of drug-likeness (QED) is 0.602. The predicted octanol–water partition coefficient (Wildman–Crippen LogP) is 6.26. The second-order valence-corrected chi connectivity index (χ2v) is 5.28. The van der Waals surface area contributed by atoms with Gasteiger partial charge in [-0.05, 0) is 43.2 Å². The number of rotatable bonds is 5. The van der Waals surface area contributed by atoms with Gasteiger partial charge in [0.1, 0.15) is 17.8 Å². The molecule has 0 aliphatic heterocycles. The molecule has 0 spiro atoms. The summed E-state index contributed by atoms with van der Waals surface area (Å²) >= 11 is 0. The van der Waals surface area contributed by atoms with E-state index < -0.39 is 0 Å². The third kappa shape index (κ3) is 5.57. The van der Waals surface area contributed by atoms with E-state index in [0.717, 1.165) is 12.0 Å². The molecule has 1 aromatic heterocycles. The molecule has 25 heavy (non-hydrogen) atoms. The summed E-state index contributed by atoms with van der Waals surface area (Å²) in [4.78, 5) is 12.6. The second kappa shape index (κ2) is 10.0. The maximum absolute atomic E-state index is 13.0. The fraction of sp³-hybridized carbons (Fsp3) is 0.136. The molecule has 0 saturated carbocycles. The average molecular weight is 338 g/mol. The van der Waals surface area contributed by atoms with E-state index in [0.29, 0.717) is 22.5 Å². The minimum atomic E-state index is -0.340. The molecule has 0 radical (unpaired) electrons. The summed E-state index contributed by atoms with van der Waals surface area (Å²) in [5.41, 5.74) is 2.45. The molecule has 0 N–H and O–H groups in total. The maximum atomic E-state index is 13.0. The Morgan fingerprint density at radius 2 is 1.76 bits per heavy atom. The zero-order chi connectivity index (χ0) is 18.8. The van der Waals surface area contributed by atoms with Crippen molar-refractivity contribution in [3.8, 4) is 11.1 Å². The SMILES string of the molecule is C=CC=C.C=Cc1occ(-c2ccc(F)cc2)c(=O)c1/C=C(\C)CC. The highest BCUT2D eigenvalue weighted by atomic mass is 19.1. The molecular formula is C22H23FO2. The minimum Gasteiger partial charge on any atom is -0.463 e. The fourth-order valence-corrected chi connectivity index (χ4v) is 1.97. The molecule has 1 aromatic carbocycles. The Morgan fingerprint density at radius 3 is 2.24 bits per heavy atom. The lowest BCUT2D eigenvalue weighted by molar-refractivity contribution is 0.538. The fourth-order valence-electron chi connectivity index (χ4n) is 1.97. The number of halogens is 1. The Hall–Kier alpha value is -2.94. The molecule has 1 heterocycles. The summed E-state index contributed by atoms with van der Waals surface area (Å²) in [6.07, 6.45) is 8.85. The third-order valence-corrected chi connectivity index (χ3v) is 3.51. The van der Waals surface area contributed by atoms with Crippen LogP contribution < -0.4 is 5.43 Å². The lowest BCUT2D eigenvalue weighted by Gasteiger charge is -2.06. The topological polar surface area (TPSA) is 30.2 Å². The molecule has 0 fully saturated rings. The van der Waals surface area contributed by atoms with Crippen molar-refractivity contribution in [2.75, 3.05) is 0 Å². The van der Waals surface area contributed by atoms with Gasteiger partial charge in [-0.25, -0.2) is 4.39 Å². The van der Waals surface area contributed by atoms with Crippen molar-refractivity contribution >= 4 is 12.2 Å². The molecule has 0 saturated heterocycles. The monoisotopic (exact) mass is 338 g/mol. The van der Waals surface area contributed by atoms with E-state index in [4.69, 9.17) is 4.42 Å². The summed E-state index contributed by atoms with van der Waals surface area (Å²) < 4.78 is 18.5. The highest BCUT2D eigenvalue weighted by Crippen LogP contribution is 2.20. The van der Waals surface area contributed by atoms with Gasteiger partial charge in [0.15, 0.2) is 5.43 Å².